The Kier molecular flexibility index (Phi) is 4.92. The van der Waals surface area contributed by atoms with Crippen LogP contribution in [0.5, 0.6) is 0 Å². The van der Waals surface area contributed by atoms with Crippen molar-refractivity contribution < 1.29 is 13.2 Å². The molecule has 0 spiro atoms. The highest BCUT2D eigenvalue weighted by Crippen LogP contribution is 2.17. The lowest BCUT2D eigenvalue weighted by Crippen LogP contribution is -2.25. The SMILES string of the molecule is CC(=O)c1ccc(CCNS(=O)(=O)c2cccc(C)c2)s1. The number of carbonyl (C=O) groups is 1. The number of sulfonamides is 1. The van der Waals surface area contributed by atoms with Crippen molar-refractivity contribution in [1.29, 1.82) is 0 Å². The number of hydrogen-bond acceptors (Lipinski definition) is 4. The Hall–Kier alpha value is -1.50. The maximum absolute atomic E-state index is 12.1. The molecule has 0 aliphatic heterocycles. The number of nitrogens with one attached hydrogen (secondary N) is 1. The van der Waals surface area contributed by atoms with Crippen molar-refractivity contribution in [3.8, 4) is 0 Å². The van der Waals surface area contributed by atoms with Gasteiger partial charge in [0.15, 0.2) is 5.78 Å². The number of thiophene rings is 1. The van der Waals surface area contributed by atoms with Crippen LogP contribution >= 0.6 is 11.3 Å². The summed E-state index contributed by atoms with van der Waals surface area (Å²) in [5, 5.41) is 0. The van der Waals surface area contributed by atoms with Crippen LogP contribution in [-0.4, -0.2) is 20.7 Å². The maximum Gasteiger partial charge on any atom is 0.240 e. The molecule has 0 bridgehead atoms. The molecule has 2 rings (SSSR count). The summed E-state index contributed by atoms with van der Waals surface area (Å²) in [4.78, 5) is 13.2. The third-order valence-electron chi connectivity index (χ3n) is 2.97. The standard InChI is InChI=1S/C15H17NO3S2/c1-11-4-3-5-14(10-11)21(18,19)16-9-8-13-6-7-15(20-13)12(2)17/h3-7,10,16H,8-9H2,1-2H3. The first-order chi connectivity index (χ1) is 9.88. The van der Waals surface area contributed by atoms with Gasteiger partial charge in [-0.25, -0.2) is 13.1 Å². The predicted molar refractivity (Wildman–Crippen MR) is 84.4 cm³/mol. The minimum Gasteiger partial charge on any atom is -0.294 e. The highest BCUT2D eigenvalue weighted by atomic mass is 32.2. The van der Waals surface area contributed by atoms with Crippen molar-refractivity contribution in [2.75, 3.05) is 6.54 Å². The van der Waals surface area contributed by atoms with Gasteiger partial charge < -0.3 is 0 Å². The fourth-order valence-electron chi connectivity index (χ4n) is 1.88. The van der Waals surface area contributed by atoms with Crippen molar-refractivity contribution in [2.45, 2.75) is 25.2 Å². The Morgan fingerprint density at radius 3 is 2.62 bits per heavy atom. The summed E-state index contributed by atoms with van der Waals surface area (Å²) in [5.74, 6) is 0.0339. The van der Waals surface area contributed by atoms with E-state index in [0.29, 0.717) is 17.8 Å². The van der Waals surface area contributed by atoms with Crippen LogP contribution in [0.4, 0.5) is 0 Å². The quantitative estimate of drug-likeness (QED) is 0.832. The van der Waals surface area contributed by atoms with Gasteiger partial charge in [0.1, 0.15) is 0 Å². The van der Waals surface area contributed by atoms with E-state index < -0.39 is 10.0 Å². The Balaban J connectivity index is 1.97. The summed E-state index contributed by atoms with van der Waals surface area (Å²) < 4.78 is 26.8. The first-order valence-corrected chi connectivity index (χ1v) is 8.84. The van der Waals surface area contributed by atoms with E-state index in [-0.39, 0.29) is 10.7 Å². The molecule has 1 aromatic heterocycles. The molecule has 0 atom stereocenters. The number of carbonyl (C=O) groups excluding carboxylic acids is 1. The van der Waals surface area contributed by atoms with Gasteiger partial charge in [-0.2, -0.15) is 0 Å². The molecular weight excluding hydrogens is 306 g/mol. The Bertz CT molecular complexity index is 748. The van der Waals surface area contributed by atoms with Crippen LogP contribution in [-0.2, 0) is 16.4 Å². The fraction of sp³-hybridized carbons (Fsp3) is 0.267. The zero-order chi connectivity index (χ0) is 15.5. The summed E-state index contributed by atoms with van der Waals surface area (Å²) in [6, 6.07) is 10.4. The van der Waals surface area contributed by atoms with Crippen LogP contribution in [0.3, 0.4) is 0 Å². The number of Topliss-reactive ketones (excluding diaryl/α,β-unsaturated/α-hetero) is 1. The summed E-state index contributed by atoms with van der Waals surface area (Å²) in [6.45, 7) is 3.69. The average molecular weight is 323 g/mol. The number of rotatable bonds is 6. The van der Waals surface area contributed by atoms with Gasteiger partial charge >= 0.3 is 0 Å². The van der Waals surface area contributed by atoms with Gasteiger partial charge in [-0.15, -0.1) is 11.3 Å². The van der Waals surface area contributed by atoms with Gasteiger partial charge in [0.2, 0.25) is 10.0 Å². The normalized spacial score (nSPS) is 11.5. The van der Waals surface area contributed by atoms with Gasteiger partial charge in [-0.05, 0) is 50.1 Å². The van der Waals surface area contributed by atoms with Crippen LogP contribution in [0.25, 0.3) is 0 Å². The molecule has 0 unspecified atom stereocenters. The lowest BCUT2D eigenvalue weighted by Gasteiger charge is -2.06. The molecule has 0 aliphatic carbocycles. The molecule has 0 saturated carbocycles. The molecule has 0 saturated heterocycles. The minimum atomic E-state index is -3.47. The van der Waals surface area contributed by atoms with Crippen molar-refractivity contribution in [2.24, 2.45) is 0 Å². The Morgan fingerprint density at radius 1 is 1.24 bits per heavy atom. The first kappa shape index (κ1) is 15.9. The molecule has 2 aromatic rings. The maximum atomic E-state index is 12.1. The molecule has 112 valence electrons. The zero-order valence-corrected chi connectivity index (χ0v) is 13.6. The lowest BCUT2D eigenvalue weighted by atomic mass is 10.2. The summed E-state index contributed by atoms with van der Waals surface area (Å²) in [7, 11) is -3.47. The van der Waals surface area contributed by atoms with Crippen molar-refractivity contribution >= 4 is 27.1 Å². The molecule has 1 N–H and O–H groups in total. The Labute approximate surface area is 128 Å². The number of benzene rings is 1. The van der Waals surface area contributed by atoms with E-state index in [1.807, 2.05) is 19.1 Å². The van der Waals surface area contributed by atoms with Gasteiger partial charge in [0, 0.05) is 11.4 Å². The van der Waals surface area contributed by atoms with E-state index in [0.717, 1.165) is 10.4 Å². The summed E-state index contributed by atoms with van der Waals surface area (Å²) in [5.41, 5.74) is 0.905. The molecule has 1 heterocycles. The highest BCUT2D eigenvalue weighted by molar-refractivity contribution is 7.89. The smallest absolute Gasteiger partial charge is 0.240 e. The first-order valence-electron chi connectivity index (χ1n) is 6.54. The van der Waals surface area contributed by atoms with Crippen molar-refractivity contribution in [3.63, 3.8) is 0 Å². The summed E-state index contributed by atoms with van der Waals surface area (Å²) in [6.07, 6.45) is 0.572. The summed E-state index contributed by atoms with van der Waals surface area (Å²) >= 11 is 1.41. The molecule has 0 fully saturated rings. The fourth-order valence-corrected chi connectivity index (χ4v) is 3.91. The molecule has 21 heavy (non-hydrogen) atoms. The van der Waals surface area contributed by atoms with Crippen molar-refractivity contribution in [1.82, 2.24) is 4.72 Å². The number of ketones is 1. The second-order valence-corrected chi connectivity index (χ2v) is 7.72. The van der Waals surface area contributed by atoms with Gasteiger partial charge in [-0.1, -0.05) is 12.1 Å². The molecule has 0 radical (unpaired) electrons. The second-order valence-electron chi connectivity index (χ2n) is 4.79. The Morgan fingerprint density at radius 2 is 2.00 bits per heavy atom. The van der Waals surface area contributed by atoms with E-state index in [9.17, 15) is 13.2 Å². The largest absolute Gasteiger partial charge is 0.294 e. The van der Waals surface area contributed by atoms with Crippen LogP contribution in [0.15, 0.2) is 41.3 Å². The monoisotopic (exact) mass is 323 g/mol. The second kappa shape index (κ2) is 6.51. The zero-order valence-electron chi connectivity index (χ0n) is 11.9. The van der Waals surface area contributed by atoms with E-state index >= 15 is 0 Å². The average Bonchev–Trinajstić information content (AvgIpc) is 2.87. The van der Waals surface area contributed by atoms with E-state index in [4.69, 9.17) is 0 Å². The van der Waals surface area contributed by atoms with E-state index in [1.54, 1.807) is 24.3 Å². The van der Waals surface area contributed by atoms with Crippen LogP contribution in [0.1, 0.15) is 27.0 Å². The van der Waals surface area contributed by atoms with Crippen molar-refractivity contribution in [3.05, 3.63) is 51.7 Å². The van der Waals surface area contributed by atoms with E-state index in [2.05, 4.69) is 4.72 Å². The number of aryl methyl sites for hydroxylation is 1. The van der Waals surface area contributed by atoms with Crippen LogP contribution in [0, 0.1) is 6.92 Å². The van der Waals surface area contributed by atoms with E-state index in [1.165, 1.54) is 18.3 Å². The van der Waals surface area contributed by atoms with Crippen LogP contribution in [0.2, 0.25) is 0 Å². The molecule has 1 aromatic carbocycles. The van der Waals surface area contributed by atoms with Gasteiger partial charge in [-0.3, -0.25) is 4.79 Å². The van der Waals surface area contributed by atoms with Gasteiger partial charge in [0.25, 0.3) is 0 Å². The molecular formula is C15H17NO3S2. The minimum absolute atomic E-state index is 0.0339. The molecule has 0 amide bonds. The third-order valence-corrected chi connectivity index (χ3v) is 5.68. The third kappa shape index (κ3) is 4.23. The molecule has 6 heteroatoms. The molecule has 0 aliphatic rings. The number of hydrogen-bond donors (Lipinski definition) is 1. The lowest BCUT2D eigenvalue weighted by molar-refractivity contribution is 0.102. The van der Waals surface area contributed by atoms with Crippen LogP contribution < -0.4 is 4.72 Å². The highest BCUT2D eigenvalue weighted by Gasteiger charge is 2.13. The molecule has 4 nitrogen and oxygen atoms in total. The predicted octanol–water partition coefficient (Wildman–Crippen LogP) is 2.78. The topological polar surface area (TPSA) is 63.2 Å². The van der Waals surface area contributed by atoms with Gasteiger partial charge in [0.05, 0.1) is 9.77 Å².